The van der Waals surface area contributed by atoms with Gasteiger partial charge in [0.1, 0.15) is 6.04 Å². The lowest BCUT2D eigenvalue weighted by atomic mass is 10.2. The van der Waals surface area contributed by atoms with Crippen LogP contribution in [0.5, 0.6) is 0 Å². The van der Waals surface area contributed by atoms with Crippen LogP contribution < -0.4 is 10.6 Å². The number of carbonyl (C=O) groups excluding carboxylic acids is 3. The number of rotatable bonds is 7. The molecule has 0 radical (unpaired) electrons. The quantitative estimate of drug-likeness (QED) is 0.427. The predicted molar refractivity (Wildman–Crippen MR) is 93.1 cm³/mol. The van der Waals surface area contributed by atoms with E-state index >= 15 is 0 Å². The summed E-state index contributed by atoms with van der Waals surface area (Å²) in [5.74, 6) is -2.06. The lowest BCUT2D eigenvalue weighted by Gasteiger charge is -2.12. The molecule has 0 unspecified atom stereocenters. The fourth-order valence-corrected chi connectivity index (χ4v) is 2.08. The van der Waals surface area contributed by atoms with Gasteiger partial charge in [-0.1, -0.05) is 6.07 Å². The summed E-state index contributed by atoms with van der Waals surface area (Å²) in [6, 6.07) is 6.15. The second kappa shape index (κ2) is 8.61. The molecular formula is C17H17N3O7. The normalized spacial score (nSPS) is 11.3. The van der Waals surface area contributed by atoms with Crippen molar-refractivity contribution in [2.24, 2.45) is 0 Å². The maximum Gasteiger partial charge on any atom is 0.328 e. The molecule has 1 aromatic heterocycles. The third kappa shape index (κ3) is 5.39. The number of anilines is 1. The minimum Gasteiger partial charge on any atom is -0.459 e. The molecule has 0 aliphatic rings. The SMILES string of the molecule is Cc1ccc(NC(=O)COC(=O)[C@H](C)NC(=O)c2ccco2)cc1[N+](=O)[O-]. The Morgan fingerprint density at radius 2 is 2.04 bits per heavy atom. The minimum absolute atomic E-state index is 0.0355. The highest BCUT2D eigenvalue weighted by Crippen LogP contribution is 2.22. The van der Waals surface area contributed by atoms with Crippen molar-refractivity contribution in [2.75, 3.05) is 11.9 Å². The molecule has 1 heterocycles. The molecule has 0 aliphatic carbocycles. The van der Waals surface area contributed by atoms with Crippen molar-refractivity contribution < 1.29 is 28.5 Å². The van der Waals surface area contributed by atoms with E-state index in [9.17, 15) is 24.5 Å². The summed E-state index contributed by atoms with van der Waals surface area (Å²) in [5.41, 5.74) is 0.511. The van der Waals surface area contributed by atoms with Gasteiger partial charge < -0.3 is 19.8 Å². The Balaban J connectivity index is 1.84. The molecule has 10 heteroatoms. The van der Waals surface area contributed by atoms with Crippen LogP contribution in [0.3, 0.4) is 0 Å². The van der Waals surface area contributed by atoms with E-state index in [2.05, 4.69) is 10.6 Å². The number of esters is 1. The molecular weight excluding hydrogens is 358 g/mol. The fraction of sp³-hybridized carbons (Fsp3) is 0.235. The maximum atomic E-state index is 11.9. The molecule has 142 valence electrons. The number of nitro benzene ring substituents is 1. The summed E-state index contributed by atoms with van der Waals surface area (Å²) in [6.07, 6.45) is 1.32. The van der Waals surface area contributed by atoms with E-state index in [1.807, 2.05) is 0 Å². The number of nitrogens with one attached hydrogen (secondary N) is 2. The monoisotopic (exact) mass is 375 g/mol. The molecule has 0 bridgehead atoms. The molecule has 0 aliphatic heterocycles. The molecule has 0 saturated carbocycles. The second-order valence-corrected chi connectivity index (χ2v) is 5.59. The van der Waals surface area contributed by atoms with Crippen molar-refractivity contribution in [3.63, 3.8) is 0 Å². The van der Waals surface area contributed by atoms with Crippen molar-refractivity contribution >= 4 is 29.2 Å². The average molecular weight is 375 g/mol. The summed E-state index contributed by atoms with van der Waals surface area (Å²) in [5, 5.41) is 15.7. The van der Waals surface area contributed by atoms with Crippen molar-refractivity contribution in [1.29, 1.82) is 0 Å². The van der Waals surface area contributed by atoms with Crippen LogP contribution in [-0.4, -0.2) is 35.4 Å². The Hall–Kier alpha value is -3.69. The molecule has 0 saturated heterocycles. The molecule has 1 aromatic carbocycles. The Labute approximate surface area is 153 Å². The van der Waals surface area contributed by atoms with E-state index in [0.29, 0.717) is 5.56 Å². The summed E-state index contributed by atoms with van der Waals surface area (Å²) >= 11 is 0. The van der Waals surface area contributed by atoms with E-state index in [0.717, 1.165) is 0 Å². The number of amides is 2. The zero-order chi connectivity index (χ0) is 20.0. The molecule has 27 heavy (non-hydrogen) atoms. The summed E-state index contributed by atoms with van der Waals surface area (Å²) in [4.78, 5) is 45.8. The third-order valence-corrected chi connectivity index (χ3v) is 3.48. The van der Waals surface area contributed by atoms with Crippen LogP contribution >= 0.6 is 0 Å². The number of nitro groups is 1. The molecule has 0 fully saturated rings. The van der Waals surface area contributed by atoms with Crippen LogP contribution in [0.1, 0.15) is 23.0 Å². The van der Waals surface area contributed by atoms with Crippen LogP contribution in [0.2, 0.25) is 0 Å². The van der Waals surface area contributed by atoms with Crippen LogP contribution in [0.4, 0.5) is 11.4 Å². The fourth-order valence-electron chi connectivity index (χ4n) is 2.08. The molecule has 10 nitrogen and oxygen atoms in total. The van der Waals surface area contributed by atoms with Gasteiger partial charge in [0.2, 0.25) is 0 Å². The molecule has 2 N–H and O–H groups in total. The first-order valence-electron chi connectivity index (χ1n) is 7.84. The van der Waals surface area contributed by atoms with Crippen LogP contribution in [0, 0.1) is 17.0 Å². The standard InChI is InChI=1S/C17H17N3O7/c1-10-5-6-12(8-13(10)20(24)25)19-15(21)9-27-17(23)11(2)18-16(22)14-4-3-7-26-14/h3-8,11H,9H2,1-2H3,(H,18,22)(H,19,21)/t11-/m0/s1. The largest absolute Gasteiger partial charge is 0.459 e. The minimum atomic E-state index is -1.00. The third-order valence-electron chi connectivity index (χ3n) is 3.48. The van der Waals surface area contributed by atoms with Crippen LogP contribution in [0.15, 0.2) is 41.0 Å². The zero-order valence-corrected chi connectivity index (χ0v) is 14.6. The van der Waals surface area contributed by atoms with Crippen molar-refractivity contribution in [2.45, 2.75) is 19.9 Å². The van der Waals surface area contributed by atoms with Gasteiger partial charge in [-0.15, -0.1) is 0 Å². The van der Waals surface area contributed by atoms with Gasteiger partial charge in [0, 0.05) is 17.3 Å². The second-order valence-electron chi connectivity index (χ2n) is 5.59. The van der Waals surface area contributed by atoms with Gasteiger partial charge in [0.25, 0.3) is 17.5 Å². The number of furan rings is 1. The van der Waals surface area contributed by atoms with Crippen LogP contribution in [-0.2, 0) is 14.3 Å². The maximum absolute atomic E-state index is 11.9. The number of benzene rings is 1. The van der Waals surface area contributed by atoms with Crippen molar-refractivity contribution in [3.05, 3.63) is 58.0 Å². The first-order chi connectivity index (χ1) is 12.8. The number of hydrogen-bond acceptors (Lipinski definition) is 7. The van der Waals surface area contributed by atoms with Gasteiger partial charge in [0.05, 0.1) is 11.2 Å². The Morgan fingerprint density at radius 3 is 2.67 bits per heavy atom. The van der Waals surface area contributed by atoms with E-state index in [4.69, 9.17) is 9.15 Å². The number of carbonyl (C=O) groups is 3. The van der Waals surface area contributed by atoms with Crippen LogP contribution in [0.25, 0.3) is 0 Å². The number of aryl methyl sites for hydroxylation is 1. The summed E-state index contributed by atoms with van der Waals surface area (Å²) < 4.78 is 9.73. The van der Waals surface area contributed by atoms with Gasteiger partial charge in [-0.3, -0.25) is 19.7 Å². The number of hydrogen-bond donors (Lipinski definition) is 2. The number of ether oxygens (including phenoxy) is 1. The highest BCUT2D eigenvalue weighted by Gasteiger charge is 2.20. The smallest absolute Gasteiger partial charge is 0.328 e. The molecule has 1 atom stereocenters. The Morgan fingerprint density at radius 1 is 1.30 bits per heavy atom. The Kier molecular flexibility index (Phi) is 6.26. The van der Waals surface area contributed by atoms with E-state index in [1.165, 1.54) is 43.5 Å². The average Bonchev–Trinajstić information content (AvgIpc) is 3.15. The first-order valence-corrected chi connectivity index (χ1v) is 7.84. The van der Waals surface area contributed by atoms with E-state index < -0.39 is 35.4 Å². The zero-order valence-electron chi connectivity index (χ0n) is 14.6. The van der Waals surface area contributed by atoms with Crippen molar-refractivity contribution in [3.8, 4) is 0 Å². The first kappa shape index (κ1) is 19.6. The summed E-state index contributed by atoms with van der Waals surface area (Å²) in [6.45, 7) is 2.36. The Bertz CT molecular complexity index is 861. The van der Waals surface area contributed by atoms with Gasteiger partial charge >= 0.3 is 5.97 Å². The molecule has 2 amide bonds. The van der Waals surface area contributed by atoms with Gasteiger partial charge in [-0.25, -0.2) is 4.79 Å². The highest BCUT2D eigenvalue weighted by atomic mass is 16.6. The molecule has 2 aromatic rings. The topological polar surface area (TPSA) is 141 Å². The number of nitrogens with zero attached hydrogens (tertiary/aromatic N) is 1. The predicted octanol–water partition coefficient (Wildman–Crippen LogP) is 1.80. The van der Waals surface area contributed by atoms with Crippen molar-refractivity contribution in [1.82, 2.24) is 5.32 Å². The van der Waals surface area contributed by atoms with E-state index in [-0.39, 0.29) is 17.1 Å². The van der Waals surface area contributed by atoms with E-state index in [1.54, 1.807) is 6.92 Å². The molecule has 2 rings (SSSR count). The van der Waals surface area contributed by atoms with Gasteiger partial charge in [-0.2, -0.15) is 0 Å². The van der Waals surface area contributed by atoms with Gasteiger partial charge in [0.15, 0.2) is 12.4 Å². The lowest BCUT2D eigenvalue weighted by Crippen LogP contribution is -2.40. The molecule has 0 spiro atoms. The summed E-state index contributed by atoms with van der Waals surface area (Å²) in [7, 11) is 0. The highest BCUT2D eigenvalue weighted by molar-refractivity contribution is 5.96. The lowest BCUT2D eigenvalue weighted by molar-refractivity contribution is -0.385. The van der Waals surface area contributed by atoms with Gasteiger partial charge in [-0.05, 0) is 32.0 Å².